The molecule has 16 heavy (non-hydrogen) atoms. The number of carbonyl (C=O) groups is 2. The van der Waals surface area contributed by atoms with E-state index in [1.807, 2.05) is 12.1 Å². The average Bonchev–Trinajstić information content (AvgIpc) is 2.30. The SMILES string of the molecule is N#CCC(=O)c1ccc(C=CCC=O)cc1. The van der Waals surface area contributed by atoms with Crippen LogP contribution in [-0.2, 0) is 4.79 Å². The summed E-state index contributed by atoms with van der Waals surface area (Å²) in [5.74, 6) is -0.175. The summed E-state index contributed by atoms with van der Waals surface area (Å²) in [6, 6.07) is 8.75. The van der Waals surface area contributed by atoms with Gasteiger partial charge in [-0.1, -0.05) is 36.4 Å². The first-order chi connectivity index (χ1) is 7.77. The molecule has 3 heteroatoms. The normalized spacial score (nSPS) is 9.94. The summed E-state index contributed by atoms with van der Waals surface area (Å²) in [6.45, 7) is 0. The Morgan fingerprint density at radius 1 is 1.31 bits per heavy atom. The minimum atomic E-state index is -0.175. The monoisotopic (exact) mass is 213 g/mol. The van der Waals surface area contributed by atoms with E-state index in [-0.39, 0.29) is 12.2 Å². The molecule has 0 aliphatic rings. The Morgan fingerprint density at radius 2 is 2.00 bits per heavy atom. The topological polar surface area (TPSA) is 57.9 Å². The van der Waals surface area contributed by atoms with Crippen molar-refractivity contribution in [3.63, 3.8) is 0 Å². The van der Waals surface area contributed by atoms with Gasteiger partial charge in [-0.25, -0.2) is 0 Å². The van der Waals surface area contributed by atoms with Crippen molar-refractivity contribution in [2.45, 2.75) is 12.8 Å². The summed E-state index contributed by atoms with van der Waals surface area (Å²) in [6.07, 6.45) is 4.67. The molecular weight excluding hydrogens is 202 g/mol. The fourth-order valence-corrected chi connectivity index (χ4v) is 1.21. The van der Waals surface area contributed by atoms with Gasteiger partial charge in [-0.05, 0) is 5.56 Å². The summed E-state index contributed by atoms with van der Waals surface area (Å²) < 4.78 is 0. The van der Waals surface area contributed by atoms with Crippen LogP contribution < -0.4 is 0 Å². The zero-order valence-electron chi connectivity index (χ0n) is 8.72. The van der Waals surface area contributed by atoms with E-state index in [4.69, 9.17) is 5.26 Å². The van der Waals surface area contributed by atoms with Gasteiger partial charge in [-0.15, -0.1) is 0 Å². The molecule has 0 heterocycles. The van der Waals surface area contributed by atoms with Crippen LogP contribution in [0, 0.1) is 11.3 Å². The molecule has 0 aliphatic heterocycles. The lowest BCUT2D eigenvalue weighted by molar-refractivity contribution is -0.107. The van der Waals surface area contributed by atoms with Crippen molar-refractivity contribution in [2.75, 3.05) is 0 Å². The highest BCUT2D eigenvalue weighted by atomic mass is 16.1. The molecule has 1 rings (SSSR count). The maximum Gasteiger partial charge on any atom is 0.176 e. The number of aldehydes is 1. The first kappa shape index (κ1) is 11.9. The van der Waals surface area contributed by atoms with Crippen molar-refractivity contribution in [2.24, 2.45) is 0 Å². The second-order valence-electron chi connectivity index (χ2n) is 3.18. The second kappa shape index (κ2) is 6.31. The van der Waals surface area contributed by atoms with E-state index in [2.05, 4.69) is 0 Å². The Labute approximate surface area is 94.0 Å². The largest absolute Gasteiger partial charge is 0.303 e. The van der Waals surface area contributed by atoms with Gasteiger partial charge >= 0.3 is 0 Å². The van der Waals surface area contributed by atoms with E-state index in [9.17, 15) is 9.59 Å². The van der Waals surface area contributed by atoms with Crippen molar-refractivity contribution in [1.29, 1.82) is 5.26 Å². The van der Waals surface area contributed by atoms with Gasteiger partial charge in [-0.3, -0.25) is 4.79 Å². The number of hydrogen-bond donors (Lipinski definition) is 0. The zero-order valence-corrected chi connectivity index (χ0v) is 8.72. The van der Waals surface area contributed by atoms with Crippen LogP contribution in [0.25, 0.3) is 6.08 Å². The number of rotatable bonds is 5. The van der Waals surface area contributed by atoms with Gasteiger partial charge in [0.1, 0.15) is 6.29 Å². The summed E-state index contributed by atoms with van der Waals surface area (Å²) in [5, 5.41) is 8.38. The first-order valence-electron chi connectivity index (χ1n) is 4.88. The number of nitrogens with zero attached hydrogens (tertiary/aromatic N) is 1. The Kier molecular flexibility index (Phi) is 4.68. The molecule has 0 aliphatic carbocycles. The Bertz CT molecular complexity index is 438. The van der Waals surface area contributed by atoms with Crippen LogP contribution in [0.1, 0.15) is 28.8 Å². The van der Waals surface area contributed by atoms with E-state index in [0.717, 1.165) is 11.8 Å². The Balaban J connectivity index is 2.72. The number of ketones is 1. The van der Waals surface area contributed by atoms with Crippen LogP contribution in [-0.4, -0.2) is 12.1 Å². The molecule has 3 nitrogen and oxygen atoms in total. The second-order valence-corrected chi connectivity index (χ2v) is 3.18. The maximum absolute atomic E-state index is 11.3. The predicted molar refractivity (Wildman–Crippen MR) is 60.7 cm³/mol. The van der Waals surface area contributed by atoms with Crippen molar-refractivity contribution in [1.82, 2.24) is 0 Å². The maximum atomic E-state index is 11.3. The van der Waals surface area contributed by atoms with E-state index >= 15 is 0 Å². The summed E-state index contributed by atoms with van der Waals surface area (Å²) in [5.41, 5.74) is 1.46. The minimum Gasteiger partial charge on any atom is -0.303 e. The van der Waals surface area contributed by atoms with Gasteiger partial charge < -0.3 is 4.79 Å². The molecule has 0 aromatic heterocycles. The summed E-state index contributed by atoms with van der Waals surface area (Å²) in [4.78, 5) is 21.4. The third kappa shape index (κ3) is 3.50. The number of Topliss-reactive ketones (excluding diaryl/α,β-unsaturated/α-hetero) is 1. The molecule has 0 atom stereocenters. The quantitative estimate of drug-likeness (QED) is 0.557. The highest BCUT2D eigenvalue weighted by Crippen LogP contribution is 2.08. The lowest BCUT2D eigenvalue weighted by atomic mass is 10.1. The lowest BCUT2D eigenvalue weighted by Crippen LogP contribution is -1.96. The van der Waals surface area contributed by atoms with Crippen molar-refractivity contribution in [3.05, 3.63) is 41.5 Å². The first-order valence-corrected chi connectivity index (χ1v) is 4.88. The smallest absolute Gasteiger partial charge is 0.176 e. The van der Waals surface area contributed by atoms with Gasteiger partial charge in [0.2, 0.25) is 0 Å². The molecule has 0 amide bonds. The predicted octanol–water partition coefficient (Wildman–Crippen LogP) is 2.39. The Hall–Kier alpha value is -2.21. The number of hydrogen-bond acceptors (Lipinski definition) is 3. The summed E-state index contributed by atoms with van der Waals surface area (Å²) in [7, 11) is 0. The van der Waals surface area contributed by atoms with Crippen LogP contribution in [0.5, 0.6) is 0 Å². The van der Waals surface area contributed by atoms with E-state index in [1.54, 1.807) is 30.3 Å². The van der Waals surface area contributed by atoms with Gasteiger partial charge in [0.25, 0.3) is 0 Å². The van der Waals surface area contributed by atoms with E-state index in [1.165, 1.54) is 0 Å². The fraction of sp³-hybridized carbons (Fsp3) is 0.154. The molecule has 1 aromatic rings. The van der Waals surface area contributed by atoms with Crippen LogP contribution in [0.15, 0.2) is 30.3 Å². The molecule has 0 N–H and O–H groups in total. The average molecular weight is 213 g/mol. The minimum absolute atomic E-state index is 0.0969. The van der Waals surface area contributed by atoms with E-state index < -0.39 is 0 Å². The highest BCUT2D eigenvalue weighted by Gasteiger charge is 2.03. The van der Waals surface area contributed by atoms with Crippen LogP contribution in [0.3, 0.4) is 0 Å². The number of carbonyl (C=O) groups excluding carboxylic acids is 2. The molecule has 0 saturated heterocycles. The molecule has 0 spiro atoms. The lowest BCUT2D eigenvalue weighted by Gasteiger charge is -1.97. The third-order valence-corrected chi connectivity index (χ3v) is 2.01. The van der Waals surface area contributed by atoms with Gasteiger partial charge in [0, 0.05) is 12.0 Å². The number of benzene rings is 1. The van der Waals surface area contributed by atoms with Crippen molar-refractivity contribution < 1.29 is 9.59 Å². The zero-order chi connectivity index (χ0) is 11.8. The third-order valence-electron chi connectivity index (χ3n) is 2.01. The molecule has 1 aromatic carbocycles. The molecule has 0 fully saturated rings. The summed E-state index contributed by atoms with van der Waals surface area (Å²) >= 11 is 0. The van der Waals surface area contributed by atoms with Crippen LogP contribution in [0.2, 0.25) is 0 Å². The highest BCUT2D eigenvalue weighted by molar-refractivity contribution is 5.97. The van der Waals surface area contributed by atoms with Gasteiger partial charge in [-0.2, -0.15) is 5.26 Å². The molecule has 80 valence electrons. The molecule has 0 radical (unpaired) electrons. The molecule has 0 saturated carbocycles. The molecule has 0 unspecified atom stereocenters. The number of allylic oxidation sites excluding steroid dienone is 1. The fourth-order valence-electron chi connectivity index (χ4n) is 1.21. The van der Waals surface area contributed by atoms with Crippen molar-refractivity contribution in [3.8, 4) is 6.07 Å². The molecule has 0 bridgehead atoms. The molecular formula is C13H11NO2. The Morgan fingerprint density at radius 3 is 2.56 bits per heavy atom. The van der Waals surface area contributed by atoms with Gasteiger partial charge in [0.05, 0.1) is 12.5 Å². The van der Waals surface area contributed by atoms with Crippen LogP contribution in [0.4, 0.5) is 0 Å². The van der Waals surface area contributed by atoms with Gasteiger partial charge in [0.15, 0.2) is 5.78 Å². The van der Waals surface area contributed by atoms with Crippen molar-refractivity contribution >= 4 is 18.1 Å². The van der Waals surface area contributed by atoms with Crippen LogP contribution >= 0.6 is 0 Å². The standard InChI is InChI=1S/C13H11NO2/c14-9-8-13(16)12-6-4-11(5-7-12)3-1-2-10-15/h1,3-7,10H,2,8H2. The van der Waals surface area contributed by atoms with E-state index in [0.29, 0.717) is 12.0 Å². The number of nitriles is 1.